The lowest BCUT2D eigenvalue weighted by Crippen LogP contribution is -2.41. The maximum Gasteiger partial charge on any atom is 0.254 e. The Labute approximate surface area is 115 Å². The number of hydrogen-bond acceptors (Lipinski definition) is 1. The second-order valence-electron chi connectivity index (χ2n) is 4.47. The van der Waals surface area contributed by atoms with E-state index in [9.17, 15) is 4.79 Å². The average molecular weight is 268 g/mol. The van der Waals surface area contributed by atoms with Crippen LogP contribution in [0.5, 0.6) is 0 Å². The first-order chi connectivity index (χ1) is 8.65. The Hall–Kier alpha value is -1.02. The first-order valence-electron chi connectivity index (χ1n) is 6.58. The summed E-state index contributed by atoms with van der Waals surface area (Å²) >= 11 is 5.83. The van der Waals surface area contributed by atoms with Crippen LogP contribution in [0.25, 0.3) is 0 Å². The quantitative estimate of drug-likeness (QED) is 0.717. The molecule has 0 heterocycles. The van der Waals surface area contributed by atoms with Crippen molar-refractivity contribution < 1.29 is 4.79 Å². The van der Waals surface area contributed by atoms with Crippen molar-refractivity contribution in [2.24, 2.45) is 0 Å². The molecule has 3 heteroatoms. The molecule has 0 aromatic heterocycles. The first kappa shape index (κ1) is 15.0. The van der Waals surface area contributed by atoms with Crippen LogP contribution >= 0.6 is 11.6 Å². The fraction of sp³-hybridized carbons (Fsp3) is 0.533. The highest BCUT2D eigenvalue weighted by Crippen LogP contribution is 2.16. The number of hydrogen-bond donors (Lipinski definition) is 0. The van der Waals surface area contributed by atoms with Gasteiger partial charge in [-0.3, -0.25) is 4.79 Å². The molecule has 2 nitrogen and oxygen atoms in total. The van der Waals surface area contributed by atoms with Crippen molar-refractivity contribution in [2.45, 2.75) is 39.7 Å². The molecule has 0 spiro atoms. The molecule has 0 fully saturated rings. The molecular weight excluding hydrogens is 246 g/mol. The molecule has 1 aromatic carbocycles. The van der Waals surface area contributed by atoms with E-state index in [1.807, 2.05) is 36.1 Å². The van der Waals surface area contributed by atoms with E-state index in [0.717, 1.165) is 24.0 Å². The topological polar surface area (TPSA) is 20.3 Å². The Bertz CT molecular complexity index is 388. The number of rotatable bonds is 6. The first-order valence-corrected chi connectivity index (χ1v) is 7.11. The number of alkyl halides is 1. The van der Waals surface area contributed by atoms with E-state index in [-0.39, 0.29) is 11.9 Å². The van der Waals surface area contributed by atoms with Crippen LogP contribution in [0.1, 0.15) is 42.6 Å². The molecule has 0 saturated heterocycles. The third kappa shape index (κ3) is 3.49. The van der Waals surface area contributed by atoms with E-state index in [0.29, 0.717) is 12.4 Å². The zero-order chi connectivity index (χ0) is 13.5. The molecule has 18 heavy (non-hydrogen) atoms. The summed E-state index contributed by atoms with van der Waals surface area (Å²) in [6.45, 7) is 6.81. The van der Waals surface area contributed by atoms with Crippen LogP contribution in [0.4, 0.5) is 0 Å². The number of benzene rings is 1. The monoisotopic (exact) mass is 267 g/mol. The lowest BCUT2D eigenvalue weighted by molar-refractivity contribution is 0.0681. The molecule has 0 atom stereocenters. The van der Waals surface area contributed by atoms with Gasteiger partial charge in [-0.15, -0.1) is 11.6 Å². The van der Waals surface area contributed by atoms with Gasteiger partial charge in [0.05, 0.1) is 0 Å². The summed E-state index contributed by atoms with van der Waals surface area (Å²) in [5, 5.41) is 0. The standard InChI is InChI=1S/C15H22ClNO/c1-4-13(5-2)17(11-10-16)15(18)14-9-7-6-8-12(14)3/h6-9,13H,4-5,10-11H2,1-3H3. The van der Waals surface area contributed by atoms with Gasteiger partial charge < -0.3 is 4.90 Å². The molecule has 0 aliphatic carbocycles. The molecule has 0 aliphatic rings. The van der Waals surface area contributed by atoms with Gasteiger partial charge in [0, 0.05) is 24.0 Å². The summed E-state index contributed by atoms with van der Waals surface area (Å²) < 4.78 is 0. The number of nitrogens with zero attached hydrogens (tertiary/aromatic N) is 1. The van der Waals surface area contributed by atoms with Crippen LogP contribution in [0.15, 0.2) is 24.3 Å². The number of aryl methyl sites for hydroxylation is 1. The van der Waals surface area contributed by atoms with E-state index in [1.165, 1.54) is 0 Å². The summed E-state index contributed by atoms with van der Waals surface area (Å²) in [5.41, 5.74) is 1.81. The third-order valence-electron chi connectivity index (χ3n) is 3.35. The summed E-state index contributed by atoms with van der Waals surface area (Å²) in [5.74, 6) is 0.580. The molecule has 0 N–H and O–H groups in total. The Morgan fingerprint density at radius 2 is 1.89 bits per heavy atom. The molecule has 1 amide bonds. The summed E-state index contributed by atoms with van der Waals surface area (Å²) in [6.07, 6.45) is 1.93. The SMILES string of the molecule is CCC(CC)N(CCCl)C(=O)c1ccccc1C. The Kier molecular flexibility index (Phi) is 6.20. The van der Waals surface area contributed by atoms with Crippen molar-refractivity contribution in [1.29, 1.82) is 0 Å². The van der Waals surface area contributed by atoms with E-state index >= 15 is 0 Å². The maximum atomic E-state index is 12.6. The molecule has 0 unspecified atom stereocenters. The molecule has 0 radical (unpaired) electrons. The van der Waals surface area contributed by atoms with E-state index in [4.69, 9.17) is 11.6 Å². The molecule has 0 aliphatic heterocycles. The van der Waals surface area contributed by atoms with Crippen LogP contribution in [-0.4, -0.2) is 29.3 Å². The van der Waals surface area contributed by atoms with Gasteiger partial charge in [-0.05, 0) is 31.4 Å². The van der Waals surface area contributed by atoms with E-state index in [1.54, 1.807) is 0 Å². The summed E-state index contributed by atoms with van der Waals surface area (Å²) in [6, 6.07) is 8.00. The Morgan fingerprint density at radius 3 is 2.39 bits per heavy atom. The Morgan fingerprint density at radius 1 is 1.28 bits per heavy atom. The highest BCUT2D eigenvalue weighted by atomic mass is 35.5. The minimum absolute atomic E-state index is 0.0995. The average Bonchev–Trinajstić information content (AvgIpc) is 2.39. The largest absolute Gasteiger partial charge is 0.334 e. The van der Waals surface area contributed by atoms with Crippen LogP contribution < -0.4 is 0 Å². The third-order valence-corrected chi connectivity index (χ3v) is 3.51. The van der Waals surface area contributed by atoms with Crippen LogP contribution in [0, 0.1) is 6.92 Å². The molecule has 1 aromatic rings. The number of halogens is 1. The lowest BCUT2D eigenvalue weighted by Gasteiger charge is -2.30. The van der Waals surface area contributed by atoms with E-state index < -0.39 is 0 Å². The van der Waals surface area contributed by atoms with Gasteiger partial charge in [-0.1, -0.05) is 32.0 Å². The van der Waals surface area contributed by atoms with Crippen LogP contribution in [-0.2, 0) is 0 Å². The van der Waals surface area contributed by atoms with Gasteiger partial charge in [0.1, 0.15) is 0 Å². The molecular formula is C15H22ClNO. The molecule has 100 valence electrons. The predicted molar refractivity (Wildman–Crippen MR) is 77.3 cm³/mol. The fourth-order valence-corrected chi connectivity index (χ4v) is 2.42. The van der Waals surface area contributed by atoms with Gasteiger partial charge in [0.25, 0.3) is 5.91 Å². The normalized spacial score (nSPS) is 10.7. The van der Waals surface area contributed by atoms with Crippen LogP contribution in [0.3, 0.4) is 0 Å². The summed E-state index contributed by atoms with van der Waals surface area (Å²) in [4.78, 5) is 14.5. The molecule has 1 rings (SSSR count). The fourth-order valence-electron chi connectivity index (χ4n) is 2.24. The summed E-state index contributed by atoms with van der Waals surface area (Å²) in [7, 11) is 0. The zero-order valence-electron chi connectivity index (χ0n) is 11.4. The van der Waals surface area contributed by atoms with Crippen molar-refractivity contribution in [1.82, 2.24) is 4.90 Å². The van der Waals surface area contributed by atoms with Crippen LogP contribution in [0.2, 0.25) is 0 Å². The minimum atomic E-state index is 0.0995. The van der Waals surface area contributed by atoms with Gasteiger partial charge >= 0.3 is 0 Å². The predicted octanol–water partition coefficient (Wildman–Crippen LogP) is 3.86. The Balaban J connectivity index is 2.99. The van der Waals surface area contributed by atoms with Crippen molar-refractivity contribution in [3.8, 4) is 0 Å². The zero-order valence-corrected chi connectivity index (χ0v) is 12.2. The van der Waals surface area contributed by atoms with E-state index in [2.05, 4.69) is 13.8 Å². The highest BCUT2D eigenvalue weighted by Gasteiger charge is 2.22. The number of amides is 1. The second-order valence-corrected chi connectivity index (χ2v) is 4.85. The van der Waals surface area contributed by atoms with Gasteiger partial charge in [0.2, 0.25) is 0 Å². The van der Waals surface area contributed by atoms with Crippen molar-refractivity contribution in [3.05, 3.63) is 35.4 Å². The van der Waals surface area contributed by atoms with Gasteiger partial charge in [-0.25, -0.2) is 0 Å². The van der Waals surface area contributed by atoms with Gasteiger partial charge in [0.15, 0.2) is 0 Å². The minimum Gasteiger partial charge on any atom is -0.334 e. The number of carbonyl (C=O) groups excluding carboxylic acids is 1. The molecule has 0 bridgehead atoms. The maximum absolute atomic E-state index is 12.6. The number of carbonyl (C=O) groups is 1. The molecule has 0 saturated carbocycles. The van der Waals surface area contributed by atoms with Crippen molar-refractivity contribution >= 4 is 17.5 Å². The lowest BCUT2D eigenvalue weighted by atomic mass is 10.0. The van der Waals surface area contributed by atoms with Gasteiger partial charge in [-0.2, -0.15) is 0 Å². The van der Waals surface area contributed by atoms with Crippen molar-refractivity contribution in [2.75, 3.05) is 12.4 Å². The van der Waals surface area contributed by atoms with Crippen molar-refractivity contribution in [3.63, 3.8) is 0 Å². The highest BCUT2D eigenvalue weighted by molar-refractivity contribution is 6.18. The second kappa shape index (κ2) is 7.42. The smallest absolute Gasteiger partial charge is 0.254 e.